The minimum absolute atomic E-state index is 0.492. The molecule has 0 aliphatic heterocycles. The number of ether oxygens (including phenoxy) is 1. The van der Waals surface area contributed by atoms with Gasteiger partial charge in [0, 0.05) is 6.54 Å². The second kappa shape index (κ2) is 3.79. The summed E-state index contributed by atoms with van der Waals surface area (Å²) in [6.45, 7) is 0.983. The molecule has 0 aromatic carbocycles. The molecule has 0 unspecified atom stereocenters. The van der Waals surface area contributed by atoms with E-state index in [1.165, 1.54) is 32.0 Å². The van der Waals surface area contributed by atoms with Crippen molar-refractivity contribution in [2.24, 2.45) is 11.3 Å². The predicted molar refractivity (Wildman–Crippen MR) is 73.7 cm³/mol. The third-order valence-electron chi connectivity index (χ3n) is 4.53. The summed E-state index contributed by atoms with van der Waals surface area (Å²) in [6.07, 6.45) is 6.96. The number of aromatic nitrogens is 4. The largest absolute Gasteiger partial charge is 0.479 e. The average molecular weight is 276 g/mol. The summed E-state index contributed by atoms with van der Waals surface area (Å²) in [5, 5.41) is 0. The molecular formula is C13H16N4OS. The van der Waals surface area contributed by atoms with Crippen LogP contribution in [0.25, 0.3) is 11.2 Å². The predicted octanol–water partition coefficient (Wildman–Crippen LogP) is 2.69. The van der Waals surface area contributed by atoms with Crippen molar-refractivity contribution in [1.29, 1.82) is 0 Å². The number of rotatable bonds is 4. The number of aromatic amines is 1. The lowest BCUT2D eigenvalue weighted by atomic mass is 10.0. The first-order valence-corrected chi connectivity index (χ1v) is 7.12. The summed E-state index contributed by atoms with van der Waals surface area (Å²) in [7, 11) is 1.61. The van der Waals surface area contributed by atoms with Crippen LogP contribution < -0.4 is 4.74 Å². The summed E-state index contributed by atoms with van der Waals surface area (Å²) >= 11 is 5.45. The van der Waals surface area contributed by atoms with Gasteiger partial charge in [0.2, 0.25) is 5.88 Å². The zero-order chi connectivity index (χ0) is 13.0. The van der Waals surface area contributed by atoms with Crippen LogP contribution in [-0.4, -0.2) is 26.6 Å². The van der Waals surface area contributed by atoms with Gasteiger partial charge in [-0.2, -0.15) is 4.98 Å². The number of H-pyrrole nitrogens is 1. The lowest BCUT2D eigenvalue weighted by molar-refractivity contribution is 0.372. The van der Waals surface area contributed by atoms with Gasteiger partial charge in [0.25, 0.3) is 0 Å². The number of nitrogens with zero attached hydrogens (tertiary/aromatic N) is 3. The van der Waals surface area contributed by atoms with Gasteiger partial charge >= 0.3 is 0 Å². The third kappa shape index (κ3) is 1.69. The Morgan fingerprint density at radius 2 is 2.26 bits per heavy atom. The van der Waals surface area contributed by atoms with Crippen LogP contribution in [-0.2, 0) is 6.54 Å². The van der Waals surface area contributed by atoms with E-state index in [1.807, 2.05) is 0 Å². The Hall–Kier alpha value is -1.43. The van der Waals surface area contributed by atoms with Gasteiger partial charge in [-0.3, -0.25) is 0 Å². The topological polar surface area (TPSA) is 55.7 Å². The van der Waals surface area contributed by atoms with Crippen LogP contribution >= 0.6 is 12.2 Å². The van der Waals surface area contributed by atoms with E-state index in [0.717, 1.165) is 28.4 Å². The Morgan fingerprint density at radius 1 is 1.47 bits per heavy atom. The molecular weight excluding hydrogens is 260 g/mol. The highest BCUT2D eigenvalue weighted by atomic mass is 32.1. The molecule has 2 aliphatic rings. The van der Waals surface area contributed by atoms with E-state index in [1.54, 1.807) is 7.11 Å². The quantitative estimate of drug-likeness (QED) is 0.872. The van der Waals surface area contributed by atoms with Gasteiger partial charge in [-0.25, -0.2) is 4.98 Å². The van der Waals surface area contributed by atoms with Crippen LogP contribution in [0.4, 0.5) is 0 Å². The Kier molecular flexibility index (Phi) is 2.27. The van der Waals surface area contributed by atoms with Gasteiger partial charge in [-0.1, -0.05) is 0 Å². The highest BCUT2D eigenvalue weighted by Gasteiger charge is 2.54. The molecule has 4 rings (SSSR count). The molecule has 2 aromatic rings. The maximum absolute atomic E-state index is 5.45. The third-order valence-corrected chi connectivity index (χ3v) is 4.85. The smallest absolute Gasteiger partial charge is 0.242 e. The maximum Gasteiger partial charge on any atom is 0.242 e. The lowest BCUT2D eigenvalue weighted by Gasteiger charge is -2.15. The fourth-order valence-electron chi connectivity index (χ4n) is 3.11. The molecule has 0 amide bonds. The van der Waals surface area contributed by atoms with Crippen LogP contribution in [0.5, 0.6) is 5.88 Å². The number of imidazole rings is 1. The fourth-order valence-corrected chi connectivity index (χ4v) is 3.37. The Balaban J connectivity index is 1.81. The summed E-state index contributed by atoms with van der Waals surface area (Å²) in [4.78, 5) is 11.7. The second-order valence-corrected chi connectivity index (χ2v) is 6.12. The molecule has 0 bridgehead atoms. The molecule has 100 valence electrons. The minimum atomic E-state index is 0.492. The lowest BCUT2D eigenvalue weighted by Crippen LogP contribution is -2.14. The van der Waals surface area contributed by atoms with E-state index in [4.69, 9.17) is 17.0 Å². The first-order valence-electron chi connectivity index (χ1n) is 6.71. The zero-order valence-electron chi connectivity index (χ0n) is 10.8. The zero-order valence-corrected chi connectivity index (χ0v) is 11.7. The molecule has 6 heteroatoms. The standard InChI is InChI=1S/C13H16N4OS/c1-18-11-9-10(14-7-15-11)17(12(19)16-9)6-13(4-5-13)8-2-3-8/h7-8H,2-6H2,1H3,(H,16,19). The van der Waals surface area contributed by atoms with Gasteiger partial charge in [0.15, 0.2) is 10.4 Å². The Morgan fingerprint density at radius 3 is 2.89 bits per heavy atom. The van der Waals surface area contributed by atoms with Crippen molar-refractivity contribution in [3.63, 3.8) is 0 Å². The van der Waals surface area contributed by atoms with E-state index in [2.05, 4.69) is 19.5 Å². The molecule has 2 fully saturated rings. The van der Waals surface area contributed by atoms with Crippen molar-refractivity contribution in [2.45, 2.75) is 32.2 Å². The normalized spacial score (nSPS) is 20.7. The van der Waals surface area contributed by atoms with Crippen molar-refractivity contribution in [1.82, 2.24) is 19.5 Å². The van der Waals surface area contributed by atoms with Gasteiger partial charge in [-0.15, -0.1) is 0 Å². The van der Waals surface area contributed by atoms with Crippen LogP contribution in [0.1, 0.15) is 25.7 Å². The van der Waals surface area contributed by atoms with E-state index in [9.17, 15) is 0 Å². The number of hydrogen-bond donors (Lipinski definition) is 1. The molecule has 0 radical (unpaired) electrons. The first kappa shape index (κ1) is 11.4. The van der Waals surface area contributed by atoms with Crippen LogP contribution in [0, 0.1) is 16.1 Å². The van der Waals surface area contributed by atoms with E-state index in [-0.39, 0.29) is 0 Å². The van der Waals surface area contributed by atoms with Crippen LogP contribution in [0.15, 0.2) is 6.33 Å². The van der Waals surface area contributed by atoms with Crippen LogP contribution in [0.3, 0.4) is 0 Å². The minimum Gasteiger partial charge on any atom is -0.479 e. The number of hydrogen-bond acceptors (Lipinski definition) is 4. The van der Waals surface area contributed by atoms with E-state index >= 15 is 0 Å². The first-order chi connectivity index (χ1) is 9.23. The molecule has 0 spiro atoms. The highest BCUT2D eigenvalue weighted by Crippen LogP contribution is 2.62. The fraction of sp³-hybridized carbons (Fsp3) is 0.615. The number of methoxy groups -OCH3 is 1. The molecule has 1 N–H and O–H groups in total. The van der Waals surface area contributed by atoms with Crippen LogP contribution in [0.2, 0.25) is 0 Å². The monoisotopic (exact) mass is 276 g/mol. The molecule has 2 saturated carbocycles. The Bertz CT molecular complexity index is 696. The van der Waals surface area contributed by atoms with Gasteiger partial charge in [-0.05, 0) is 49.2 Å². The van der Waals surface area contributed by atoms with Crippen molar-refractivity contribution >= 4 is 23.4 Å². The number of fused-ring (bicyclic) bond motifs is 1. The molecule has 19 heavy (non-hydrogen) atoms. The Labute approximate surface area is 116 Å². The van der Waals surface area contributed by atoms with Gasteiger partial charge < -0.3 is 14.3 Å². The maximum atomic E-state index is 5.45. The summed E-state index contributed by atoms with van der Waals surface area (Å²) in [5.74, 6) is 1.47. The SMILES string of the molecule is COc1ncnc2c1[nH]c(=S)n2CC1(C2CC2)CC1. The second-order valence-electron chi connectivity index (χ2n) is 5.73. The molecule has 2 aliphatic carbocycles. The summed E-state index contributed by atoms with van der Waals surface area (Å²) in [6, 6.07) is 0. The van der Waals surface area contributed by atoms with Gasteiger partial charge in [0.1, 0.15) is 11.8 Å². The van der Waals surface area contributed by atoms with Crippen molar-refractivity contribution in [2.75, 3.05) is 7.11 Å². The molecule has 2 aromatic heterocycles. The van der Waals surface area contributed by atoms with Crippen molar-refractivity contribution in [3.05, 3.63) is 11.1 Å². The highest BCUT2D eigenvalue weighted by molar-refractivity contribution is 7.71. The summed E-state index contributed by atoms with van der Waals surface area (Å²) in [5.41, 5.74) is 2.16. The average Bonchev–Trinajstić information content (AvgIpc) is 3.29. The molecule has 5 nitrogen and oxygen atoms in total. The van der Waals surface area contributed by atoms with Gasteiger partial charge in [0.05, 0.1) is 7.11 Å². The number of nitrogens with one attached hydrogen (secondary N) is 1. The van der Waals surface area contributed by atoms with E-state index < -0.39 is 0 Å². The van der Waals surface area contributed by atoms with E-state index in [0.29, 0.717) is 11.3 Å². The van der Waals surface area contributed by atoms with Crippen molar-refractivity contribution < 1.29 is 4.74 Å². The van der Waals surface area contributed by atoms with Crippen molar-refractivity contribution in [3.8, 4) is 5.88 Å². The molecule has 0 atom stereocenters. The molecule has 2 heterocycles. The summed E-state index contributed by atoms with van der Waals surface area (Å²) < 4.78 is 8.11. The molecule has 0 saturated heterocycles.